The van der Waals surface area contributed by atoms with Gasteiger partial charge in [0.1, 0.15) is 5.65 Å². The number of aromatic nitrogens is 3. The minimum absolute atomic E-state index is 0.246. The van der Waals surface area contributed by atoms with Crippen molar-refractivity contribution in [2.75, 3.05) is 0 Å². The van der Waals surface area contributed by atoms with Gasteiger partial charge in [-0.25, -0.2) is 4.98 Å². The van der Waals surface area contributed by atoms with Crippen LogP contribution < -0.4 is 4.80 Å². The van der Waals surface area contributed by atoms with Crippen molar-refractivity contribution in [2.45, 2.75) is 13.5 Å². The molecule has 0 aliphatic rings. The van der Waals surface area contributed by atoms with Gasteiger partial charge in [0, 0.05) is 35.9 Å². The maximum Gasteiger partial charge on any atom is 0.281 e. The lowest BCUT2D eigenvalue weighted by atomic mass is 10.2. The van der Waals surface area contributed by atoms with Gasteiger partial charge < -0.3 is 9.55 Å². The number of thiazole rings is 1. The number of nitrogens with zero attached hydrogens (tertiary/aromatic N) is 3. The van der Waals surface area contributed by atoms with Gasteiger partial charge in [-0.05, 0) is 19.1 Å². The summed E-state index contributed by atoms with van der Waals surface area (Å²) in [6.45, 7) is 2.82. The zero-order valence-electron chi connectivity index (χ0n) is 10.3. The highest BCUT2D eigenvalue weighted by molar-refractivity contribution is 7.07. The lowest BCUT2D eigenvalue weighted by Gasteiger charge is -1.95. The molecule has 0 saturated carbocycles. The Labute approximate surface area is 113 Å². The van der Waals surface area contributed by atoms with Crippen LogP contribution in [0, 0.1) is 0 Å². The van der Waals surface area contributed by atoms with Crippen molar-refractivity contribution >= 4 is 28.3 Å². The first kappa shape index (κ1) is 11.9. The van der Waals surface area contributed by atoms with Crippen LogP contribution in [0.15, 0.2) is 41.1 Å². The number of nitrogens with one attached hydrogen (secondary N) is 1. The number of aryl methyl sites for hydroxylation is 1. The Morgan fingerprint density at radius 2 is 2.47 bits per heavy atom. The molecule has 3 rings (SSSR count). The number of aromatic amines is 1. The third kappa shape index (κ3) is 2.10. The van der Waals surface area contributed by atoms with E-state index in [4.69, 9.17) is 0 Å². The summed E-state index contributed by atoms with van der Waals surface area (Å²) >= 11 is 1.45. The van der Waals surface area contributed by atoms with Gasteiger partial charge in [-0.15, -0.1) is 11.3 Å². The van der Waals surface area contributed by atoms with E-state index in [0.717, 1.165) is 11.9 Å². The summed E-state index contributed by atoms with van der Waals surface area (Å²) in [5.74, 6) is -0.246. The van der Waals surface area contributed by atoms with Crippen LogP contribution in [0.1, 0.15) is 17.3 Å². The second-order valence-electron chi connectivity index (χ2n) is 3.99. The molecule has 0 atom stereocenters. The number of pyridine rings is 1. The molecule has 5 nitrogen and oxygen atoms in total. The lowest BCUT2D eigenvalue weighted by Crippen LogP contribution is -2.15. The van der Waals surface area contributed by atoms with Crippen LogP contribution >= 0.6 is 11.3 Å². The smallest absolute Gasteiger partial charge is 0.281 e. The molecule has 0 saturated heterocycles. The van der Waals surface area contributed by atoms with E-state index in [1.165, 1.54) is 11.3 Å². The van der Waals surface area contributed by atoms with Crippen molar-refractivity contribution in [3.63, 3.8) is 0 Å². The molecule has 3 aromatic rings. The second kappa shape index (κ2) is 4.81. The van der Waals surface area contributed by atoms with E-state index in [2.05, 4.69) is 15.0 Å². The minimum atomic E-state index is -0.246. The van der Waals surface area contributed by atoms with Gasteiger partial charge in [0.15, 0.2) is 4.80 Å². The standard InChI is InChI=1S/C13H12N4OS/c1-2-17-6-7-19-13(17)16-12(18)10-8-15-11-9(10)4-3-5-14-11/h3-8H,2H2,1H3,(H,14,15)/b16-13-. The third-order valence-electron chi connectivity index (χ3n) is 2.88. The predicted molar refractivity (Wildman–Crippen MR) is 74.0 cm³/mol. The number of amides is 1. The summed E-state index contributed by atoms with van der Waals surface area (Å²) in [5.41, 5.74) is 1.26. The van der Waals surface area contributed by atoms with E-state index in [9.17, 15) is 4.79 Å². The fraction of sp³-hybridized carbons (Fsp3) is 0.154. The van der Waals surface area contributed by atoms with Crippen molar-refractivity contribution < 1.29 is 4.79 Å². The third-order valence-corrected chi connectivity index (χ3v) is 3.67. The molecule has 19 heavy (non-hydrogen) atoms. The highest BCUT2D eigenvalue weighted by Gasteiger charge is 2.11. The zero-order valence-corrected chi connectivity index (χ0v) is 11.1. The van der Waals surface area contributed by atoms with Crippen LogP contribution in [0.25, 0.3) is 11.0 Å². The van der Waals surface area contributed by atoms with E-state index < -0.39 is 0 Å². The van der Waals surface area contributed by atoms with Crippen LogP contribution in [-0.2, 0) is 6.54 Å². The number of carbonyl (C=O) groups is 1. The Balaban J connectivity index is 2.08. The molecule has 6 heteroatoms. The number of carbonyl (C=O) groups excluding carboxylic acids is 1. The number of rotatable bonds is 2. The average Bonchev–Trinajstić information content (AvgIpc) is 3.04. The van der Waals surface area contributed by atoms with Gasteiger partial charge in [0.25, 0.3) is 5.91 Å². The molecule has 0 bridgehead atoms. The zero-order chi connectivity index (χ0) is 13.2. The van der Waals surface area contributed by atoms with Crippen LogP contribution in [0.4, 0.5) is 0 Å². The van der Waals surface area contributed by atoms with Crippen molar-refractivity contribution in [2.24, 2.45) is 4.99 Å². The van der Waals surface area contributed by atoms with Gasteiger partial charge in [0.05, 0.1) is 5.56 Å². The van der Waals surface area contributed by atoms with Crippen molar-refractivity contribution in [3.05, 3.63) is 46.5 Å². The van der Waals surface area contributed by atoms with Crippen molar-refractivity contribution in [1.82, 2.24) is 14.5 Å². The van der Waals surface area contributed by atoms with Gasteiger partial charge in [-0.1, -0.05) is 0 Å². The lowest BCUT2D eigenvalue weighted by molar-refractivity contribution is 0.0999. The van der Waals surface area contributed by atoms with E-state index in [0.29, 0.717) is 16.0 Å². The molecule has 0 fully saturated rings. The fourth-order valence-electron chi connectivity index (χ4n) is 1.91. The first-order chi connectivity index (χ1) is 9.29. The SMILES string of the molecule is CCn1ccs/c1=N\C(=O)c1c[nH]c2ncccc12. The topological polar surface area (TPSA) is 63.0 Å². The quantitative estimate of drug-likeness (QED) is 0.777. The summed E-state index contributed by atoms with van der Waals surface area (Å²) in [5, 5.41) is 2.72. The molecule has 0 unspecified atom stereocenters. The minimum Gasteiger partial charge on any atom is -0.345 e. The van der Waals surface area contributed by atoms with Crippen molar-refractivity contribution in [1.29, 1.82) is 0 Å². The summed E-state index contributed by atoms with van der Waals surface area (Å²) in [6, 6.07) is 3.67. The molecule has 1 amide bonds. The summed E-state index contributed by atoms with van der Waals surface area (Å²) in [4.78, 5) is 24.3. The number of H-pyrrole nitrogens is 1. The van der Waals surface area contributed by atoms with E-state index >= 15 is 0 Å². The maximum absolute atomic E-state index is 12.2. The summed E-state index contributed by atoms with van der Waals surface area (Å²) in [7, 11) is 0. The first-order valence-electron chi connectivity index (χ1n) is 5.94. The molecule has 96 valence electrons. The molecule has 1 N–H and O–H groups in total. The molecule has 0 radical (unpaired) electrons. The predicted octanol–water partition coefficient (Wildman–Crippen LogP) is 2.19. The molecule has 0 aromatic carbocycles. The van der Waals surface area contributed by atoms with Crippen molar-refractivity contribution in [3.8, 4) is 0 Å². The van der Waals surface area contributed by atoms with Crippen LogP contribution in [0.2, 0.25) is 0 Å². The fourth-order valence-corrected chi connectivity index (χ4v) is 2.70. The highest BCUT2D eigenvalue weighted by Crippen LogP contribution is 2.16. The molecule has 0 aliphatic carbocycles. The Kier molecular flexibility index (Phi) is 3.00. The Bertz CT molecular complexity index is 796. The molecule has 3 aromatic heterocycles. The molecule has 0 spiro atoms. The van der Waals surface area contributed by atoms with Gasteiger partial charge in [0.2, 0.25) is 0 Å². The monoisotopic (exact) mass is 272 g/mol. The maximum atomic E-state index is 12.2. The Hall–Kier alpha value is -2.21. The van der Waals surface area contributed by atoms with E-state index in [1.807, 2.05) is 35.2 Å². The van der Waals surface area contributed by atoms with Gasteiger partial charge >= 0.3 is 0 Å². The second-order valence-corrected chi connectivity index (χ2v) is 4.86. The molecular formula is C13H12N4OS. The van der Waals surface area contributed by atoms with Crippen LogP contribution in [0.3, 0.4) is 0 Å². The molecule has 3 heterocycles. The average molecular weight is 272 g/mol. The van der Waals surface area contributed by atoms with E-state index in [-0.39, 0.29) is 5.91 Å². The largest absolute Gasteiger partial charge is 0.345 e. The Morgan fingerprint density at radius 1 is 1.58 bits per heavy atom. The van der Waals surface area contributed by atoms with Crippen LogP contribution in [0.5, 0.6) is 0 Å². The molecular weight excluding hydrogens is 260 g/mol. The highest BCUT2D eigenvalue weighted by atomic mass is 32.1. The van der Waals surface area contributed by atoms with Gasteiger partial charge in [-0.3, -0.25) is 4.79 Å². The van der Waals surface area contributed by atoms with Crippen LogP contribution in [-0.4, -0.2) is 20.4 Å². The molecule has 0 aliphatic heterocycles. The van der Waals surface area contributed by atoms with Gasteiger partial charge in [-0.2, -0.15) is 4.99 Å². The first-order valence-corrected chi connectivity index (χ1v) is 6.82. The summed E-state index contributed by atoms with van der Waals surface area (Å²) < 4.78 is 1.94. The number of fused-ring (bicyclic) bond motifs is 1. The number of hydrogen-bond donors (Lipinski definition) is 1. The number of hydrogen-bond acceptors (Lipinski definition) is 3. The van der Waals surface area contributed by atoms with E-state index in [1.54, 1.807) is 12.4 Å². The normalized spacial score (nSPS) is 12.2. The summed E-state index contributed by atoms with van der Waals surface area (Å²) in [6.07, 6.45) is 5.27. The Morgan fingerprint density at radius 3 is 3.32 bits per heavy atom.